The number of nitrogens with one attached hydrogen (secondary N) is 1. The summed E-state index contributed by atoms with van der Waals surface area (Å²) < 4.78 is 0. The molecule has 2 heterocycles. The zero-order valence-electron chi connectivity index (χ0n) is 14.6. The lowest BCUT2D eigenvalue weighted by atomic mass is 9.96. The quantitative estimate of drug-likeness (QED) is 0.942. The molecule has 2 amide bonds. The molecular weight excluding hydrogens is 302 g/mol. The molecule has 1 aromatic carbocycles. The standard InChI is InChI=1S/C19H25N3O2/c1-13(2)21(3)18(23)15-8-6-10-22(12-15)19(24)17-11-14-7-4-5-9-16(14)20-17/h4-5,7,9,11,13,15,20H,6,8,10,12H2,1-3H3/t15-/m0/s1. The summed E-state index contributed by atoms with van der Waals surface area (Å²) in [6, 6.07) is 9.93. The number of benzene rings is 1. The fourth-order valence-corrected chi connectivity index (χ4v) is 3.26. The predicted molar refractivity (Wildman–Crippen MR) is 94.8 cm³/mol. The van der Waals surface area contributed by atoms with E-state index >= 15 is 0 Å². The third-order valence-corrected chi connectivity index (χ3v) is 4.94. The van der Waals surface area contributed by atoms with E-state index in [-0.39, 0.29) is 23.8 Å². The first-order chi connectivity index (χ1) is 11.5. The number of carbonyl (C=O) groups excluding carboxylic acids is 2. The van der Waals surface area contributed by atoms with Gasteiger partial charge in [-0.1, -0.05) is 18.2 Å². The molecule has 1 aromatic heterocycles. The van der Waals surface area contributed by atoms with Gasteiger partial charge in [0.05, 0.1) is 5.92 Å². The number of piperidine rings is 1. The highest BCUT2D eigenvalue weighted by atomic mass is 16.2. The van der Waals surface area contributed by atoms with Gasteiger partial charge in [-0.05, 0) is 38.8 Å². The smallest absolute Gasteiger partial charge is 0.270 e. The Balaban J connectivity index is 1.74. The molecule has 1 aliphatic heterocycles. The molecule has 1 saturated heterocycles. The SMILES string of the molecule is CC(C)N(C)C(=O)[C@H]1CCCN(C(=O)c2cc3ccccc3[nH]2)C1. The summed E-state index contributed by atoms with van der Waals surface area (Å²) in [4.78, 5) is 32.2. The van der Waals surface area contributed by atoms with Crippen molar-refractivity contribution in [2.45, 2.75) is 32.7 Å². The van der Waals surface area contributed by atoms with Crippen LogP contribution in [0.25, 0.3) is 10.9 Å². The van der Waals surface area contributed by atoms with Crippen LogP contribution in [0.1, 0.15) is 37.2 Å². The zero-order chi connectivity index (χ0) is 17.3. The molecule has 0 bridgehead atoms. The highest BCUT2D eigenvalue weighted by Gasteiger charge is 2.31. The molecule has 0 radical (unpaired) electrons. The number of carbonyl (C=O) groups is 2. The summed E-state index contributed by atoms with van der Waals surface area (Å²) in [6.07, 6.45) is 1.72. The van der Waals surface area contributed by atoms with E-state index in [4.69, 9.17) is 0 Å². The minimum Gasteiger partial charge on any atom is -0.351 e. The van der Waals surface area contributed by atoms with Crippen molar-refractivity contribution in [3.05, 3.63) is 36.0 Å². The van der Waals surface area contributed by atoms with Crippen LogP contribution < -0.4 is 0 Å². The lowest BCUT2D eigenvalue weighted by Gasteiger charge is -2.34. The van der Waals surface area contributed by atoms with E-state index in [1.807, 2.05) is 56.1 Å². The van der Waals surface area contributed by atoms with Crippen molar-refractivity contribution < 1.29 is 9.59 Å². The van der Waals surface area contributed by atoms with E-state index in [2.05, 4.69) is 4.98 Å². The summed E-state index contributed by atoms with van der Waals surface area (Å²) in [7, 11) is 1.84. The second-order valence-electron chi connectivity index (χ2n) is 6.90. The Labute approximate surface area is 142 Å². The van der Waals surface area contributed by atoms with E-state index in [1.165, 1.54) is 0 Å². The van der Waals surface area contributed by atoms with Gasteiger partial charge in [0.2, 0.25) is 5.91 Å². The molecule has 5 nitrogen and oxygen atoms in total. The molecule has 0 saturated carbocycles. The van der Waals surface area contributed by atoms with Crippen LogP contribution in [0, 0.1) is 5.92 Å². The second kappa shape index (κ2) is 6.67. The maximum Gasteiger partial charge on any atom is 0.270 e. The lowest BCUT2D eigenvalue weighted by molar-refractivity contribution is -0.137. The van der Waals surface area contributed by atoms with Gasteiger partial charge in [-0.3, -0.25) is 9.59 Å². The van der Waals surface area contributed by atoms with Crippen molar-refractivity contribution in [1.29, 1.82) is 0 Å². The molecule has 1 aliphatic rings. The van der Waals surface area contributed by atoms with E-state index < -0.39 is 0 Å². The average molecular weight is 327 g/mol. The Hall–Kier alpha value is -2.30. The van der Waals surface area contributed by atoms with E-state index in [9.17, 15) is 9.59 Å². The Morgan fingerprint density at radius 1 is 1.29 bits per heavy atom. The number of aromatic amines is 1. The topological polar surface area (TPSA) is 56.4 Å². The minimum atomic E-state index is -0.0977. The number of rotatable bonds is 3. The van der Waals surface area contributed by atoms with Crippen molar-refractivity contribution in [3.8, 4) is 0 Å². The summed E-state index contributed by atoms with van der Waals surface area (Å²) in [6.45, 7) is 5.23. The van der Waals surface area contributed by atoms with Crippen molar-refractivity contribution in [1.82, 2.24) is 14.8 Å². The van der Waals surface area contributed by atoms with Gasteiger partial charge in [0.1, 0.15) is 5.69 Å². The predicted octanol–water partition coefficient (Wildman–Crippen LogP) is 2.89. The molecule has 0 unspecified atom stereocenters. The fourth-order valence-electron chi connectivity index (χ4n) is 3.26. The molecule has 1 fully saturated rings. The van der Waals surface area contributed by atoms with Crippen LogP contribution in [-0.2, 0) is 4.79 Å². The molecule has 5 heteroatoms. The number of hydrogen-bond acceptors (Lipinski definition) is 2. The Kier molecular flexibility index (Phi) is 4.60. The zero-order valence-corrected chi connectivity index (χ0v) is 14.6. The number of hydrogen-bond donors (Lipinski definition) is 1. The van der Waals surface area contributed by atoms with Crippen LogP contribution in [-0.4, -0.2) is 52.8 Å². The van der Waals surface area contributed by atoms with E-state index in [0.29, 0.717) is 18.8 Å². The number of aromatic nitrogens is 1. The average Bonchev–Trinajstić information content (AvgIpc) is 3.03. The highest BCUT2D eigenvalue weighted by Crippen LogP contribution is 2.22. The van der Waals surface area contributed by atoms with Crippen LogP contribution in [0.4, 0.5) is 0 Å². The molecule has 3 rings (SSSR count). The van der Waals surface area contributed by atoms with Gasteiger partial charge in [-0.15, -0.1) is 0 Å². The number of H-pyrrole nitrogens is 1. The number of fused-ring (bicyclic) bond motifs is 1. The van der Waals surface area contributed by atoms with Gasteiger partial charge < -0.3 is 14.8 Å². The first-order valence-electron chi connectivity index (χ1n) is 8.61. The summed E-state index contributed by atoms with van der Waals surface area (Å²) >= 11 is 0. The van der Waals surface area contributed by atoms with Gasteiger partial charge in [0.15, 0.2) is 0 Å². The largest absolute Gasteiger partial charge is 0.351 e. The third-order valence-electron chi connectivity index (χ3n) is 4.94. The van der Waals surface area contributed by atoms with Crippen LogP contribution in [0.3, 0.4) is 0 Å². The normalized spacial score (nSPS) is 18.2. The van der Waals surface area contributed by atoms with Crippen LogP contribution in [0.5, 0.6) is 0 Å². The molecule has 2 aromatic rings. The first kappa shape index (κ1) is 16.6. The maximum atomic E-state index is 12.8. The Bertz CT molecular complexity index is 717. The molecular formula is C19H25N3O2. The van der Waals surface area contributed by atoms with E-state index in [1.54, 1.807) is 4.90 Å². The molecule has 0 aliphatic carbocycles. The maximum absolute atomic E-state index is 12.8. The monoisotopic (exact) mass is 327 g/mol. The number of likely N-dealkylation sites (tertiary alicyclic amines) is 1. The fraction of sp³-hybridized carbons (Fsp3) is 0.474. The van der Waals surface area contributed by atoms with Gasteiger partial charge in [-0.2, -0.15) is 0 Å². The van der Waals surface area contributed by atoms with Crippen molar-refractivity contribution in [2.24, 2.45) is 5.92 Å². The number of para-hydroxylation sites is 1. The molecule has 1 atom stereocenters. The Morgan fingerprint density at radius 3 is 2.75 bits per heavy atom. The lowest BCUT2D eigenvalue weighted by Crippen LogP contribution is -2.47. The van der Waals surface area contributed by atoms with Crippen LogP contribution >= 0.6 is 0 Å². The highest BCUT2D eigenvalue weighted by molar-refractivity contribution is 5.98. The molecule has 0 spiro atoms. The van der Waals surface area contributed by atoms with Gasteiger partial charge in [0.25, 0.3) is 5.91 Å². The van der Waals surface area contributed by atoms with Crippen LogP contribution in [0.15, 0.2) is 30.3 Å². The van der Waals surface area contributed by atoms with Crippen molar-refractivity contribution in [2.75, 3.05) is 20.1 Å². The van der Waals surface area contributed by atoms with Gasteiger partial charge in [0, 0.05) is 37.1 Å². The molecule has 1 N–H and O–H groups in total. The third kappa shape index (κ3) is 3.16. The van der Waals surface area contributed by atoms with Crippen molar-refractivity contribution in [3.63, 3.8) is 0 Å². The minimum absolute atomic E-state index is 0.0177. The molecule has 24 heavy (non-hydrogen) atoms. The first-order valence-corrected chi connectivity index (χ1v) is 8.61. The van der Waals surface area contributed by atoms with Crippen LogP contribution in [0.2, 0.25) is 0 Å². The summed E-state index contributed by atoms with van der Waals surface area (Å²) in [5.74, 6) is 0.0227. The van der Waals surface area contributed by atoms with E-state index in [0.717, 1.165) is 23.7 Å². The Morgan fingerprint density at radius 2 is 2.04 bits per heavy atom. The number of amides is 2. The number of nitrogens with zero attached hydrogens (tertiary/aromatic N) is 2. The van der Waals surface area contributed by atoms with Gasteiger partial charge in [-0.25, -0.2) is 0 Å². The second-order valence-corrected chi connectivity index (χ2v) is 6.90. The van der Waals surface area contributed by atoms with Crippen molar-refractivity contribution >= 4 is 22.7 Å². The summed E-state index contributed by atoms with van der Waals surface area (Å²) in [5, 5.41) is 1.03. The molecule has 128 valence electrons. The summed E-state index contributed by atoms with van der Waals surface area (Å²) in [5.41, 5.74) is 1.56. The van der Waals surface area contributed by atoms with Gasteiger partial charge >= 0.3 is 0 Å².